The number of carbonyl (C=O) groups is 2. The minimum absolute atomic E-state index is 0.00545. The highest BCUT2D eigenvalue weighted by Crippen LogP contribution is 2.40. The maximum Gasteiger partial charge on any atom is 0.295 e. The van der Waals surface area contributed by atoms with Gasteiger partial charge in [-0.1, -0.05) is 12.1 Å². The Hall–Kier alpha value is -3.19. The molecule has 3 rings (SSSR count). The average Bonchev–Trinajstić information content (AvgIpc) is 2.99. The number of aliphatic hydroxyl groups is 1. The van der Waals surface area contributed by atoms with Crippen LogP contribution in [-0.4, -0.2) is 59.9 Å². The average molecular weight is 455 g/mol. The Bertz CT molecular complexity index is 1060. The number of hydrogen-bond acceptors (Lipinski definition) is 5. The van der Waals surface area contributed by atoms with Crippen molar-refractivity contribution in [3.63, 3.8) is 0 Å². The van der Waals surface area contributed by atoms with E-state index in [1.807, 2.05) is 39.8 Å². The van der Waals surface area contributed by atoms with Gasteiger partial charge in [-0.25, -0.2) is 4.39 Å². The van der Waals surface area contributed by atoms with Gasteiger partial charge < -0.3 is 19.6 Å². The fourth-order valence-electron chi connectivity index (χ4n) is 4.00. The molecule has 2 aromatic carbocycles. The van der Waals surface area contributed by atoms with E-state index in [-0.39, 0.29) is 17.4 Å². The molecule has 6 nitrogen and oxygen atoms in total. The second-order valence-corrected chi connectivity index (χ2v) is 8.85. The van der Waals surface area contributed by atoms with Crippen LogP contribution in [0.15, 0.2) is 48.0 Å². The van der Waals surface area contributed by atoms with Crippen LogP contribution in [0.25, 0.3) is 5.76 Å². The van der Waals surface area contributed by atoms with Crippen LogP contribution < -0.4 is 4.74 Å². The summed E-state index contributed by atoms with van der Waals surface area (Å²) in [5, 5.41) is 11.2. The van der Waals surface area contributed by atoms with E-state index >= 15 is 0 Å². The Morgan fingerprint density at radius 3 is 2.39 bits per heavy atom. The number of aliphatic hydroxyl groups excluding tert-OH is 1. The van der Waals surface area contributed by atoms with Gasteiger partial charge >= 0.3 is 0 Å². The topological polar surface area (TPSA) is 70.1 Å². The highest BCUT2D eigenvalue weighted by molar-refractivity contribution is 6.46. The number of likely N-dealkylation sites (tertiary alicyclic amines) is 1. The number of carbonyl (C=O) groups excluding carboxylic acids is 2. The normalized spacial score (nSPS) is 17.9. The van der Waals surface area contributed by atoms with E-state index in [9.17, 15) is 19.1 Å². The Balaban J connectivity index is 2.07. The smallest absolute Gasteiger partial charge is 0.295 e. The van der Waals surface area contributed by atoms with E-state index in [1.54, 1.807) is 30.3 Å². The summed E-state index contributed by atoms with van der Waals surface area (Å²) in [6.07, 6.45) is 0.645. The molecule has 176 valence electrons. The summed E-state index contributed by atoms with van der Waals surface area (Å²) in [6.45, 7) is 6.77. The molecular formula is C26H31FN2O4. The van der Waals surface area contributed by atoms with Crippen molar-refractivity contribution in [1.29, 1.82) is 0 Å². The highest BCUT2D eigenvalue weighted by atomic mass is 19.1. The van der Waals surface area contributed by atoms with Crippen LogP contribution in [0.5, 0.6) is 5.75 Å². The zero-order chi connectivity index (χ0) is 24.3. The Morgan fingerprint density at radius 2 is 1.82 bits per heavy atom. The second-order valence-electron chi connectivity index (χ2n) is 8.85. The third-order valence-electron chi connectivity index (χ3n) is 5.54. The lowest BCUT2D eigenvalue weighted by molar-refractivity contribution is -0.139. The molecule has 1 atom stereocenters. The third-order valence-corrected chi connectivity index (χ3v) is 5.54. The Morgan fingerprint density at radius 1 is 1.15 bits per heavy atom. The second kappa shape index (κ2) is 10.2. The predicted octanol–water partition coefficient (Wildman–Crippen LogP) is 4.29. The number of aryl methyl sites for hydroxylation is 1. The number of amides is 1. The number of ketones is 1. The van der Waals surface area contributed by atoms with E-state index in [2.05, 4.69) is 0 Å². The van der Waals surface area contributed by atoms with Gasteiger partial charge in [0.1, 0.15) is 17.3 Å². The zero-order valence-electron chi connectivity index (χ0n) is 19.8. The quantitative estimate of drug-likeness (QED) is 0.366. The lowest BCUT2D eigenvalue weighted by atomic mass is 9.94. The zero-order valence-corrected chi connectivity index (χ0v) is 19.8. The monoisotopic (exact) mass is 454 g/mol. The first kappa shape index (κ1) is 24.5. The summed E-state index contributed by atoms with van der Waals surface area (Å²) in [4.78, 5) is 29.5. The molecule has 1 saturated heterocycles. The highest BCUT2D eigenvalue weighted by Gasteiger charge is 2.45. The van der Waals surface area contributed by atoms with Gasteiger partial charge in [0.2, 0.25) is 0 Å². The first-order valence-corrected chi connectivity index (χ1v) is 11.1. The van der Waals surface area contributed by atoms with Gasteiger partial charge in [0, 0.05) is 12.1 Å². The van der Waals surface area contributed by atoms with Gasteiger partial charge in [-0.05, 0) is 89.3 Å². The summed E-state index contributed by atoms with van der Waals surface area (Å²) in [5.41, 5.74) is 1.79. The summed E-state index contributed by atoms with van der Waals surface area (Å²) in [5.74, 6) is -1.40. The van der Waals surface area contributed by atoms with Crippen LogP contribution in [-0.2, 0) is 9.59 Å². The summed E-state index contributed by atoms with van der Waals surface area (Å²) < 4.78 is 19.3. The van der Waals surface area contributed by atoms with Gasteiger partial charge in [0.25, 0.3) is 11.7 Å². The van der Waals surface area contributed by atoms with Gasteiger partial charge in [-0.15, -0.1) is 0 Å². The van der Waals surface area contributed by atoms with E-state index in [1.165, 1.54) is 17.0 Å². The standard InChI is InChI=1S/C26H31FN2O4/c1-16(2)33-21-12-9-19(15-17(21)3)24(30)22-23(18-7-10-20(27)11-8-18)29(26(32)25(22)31)14-6-13-28(4)5/h7-12,15-16,23,30H,6,13-14H2,1-5H3/t23-/m0/s1. The van der Waals surface area contributed by atoms with Crippen molar-refractivity contribution in [2.24, 2.45) is 0 Å². The third kappa shape index (κ3) is 5.42. The summed E-state index contributed by atoms with van der Waals surface area (Å²) in [7, 11) is 3.86. The fourth-order valence-corrected chi connectivity index (χ4v) is 4.00. The molecule has 1 aliphatic heterocycles. The number of halogens is 1. The van der Waals surface area contributed by atoms with E-state index in [0.29, 0.717) is 29.8 Å². The molecule has 0 aliphatic carbocycles. The Labute approximate surface area is 194 Å². The van der Waals surface area contributed by atoms with Crippen molar-refractivity contribution in [3.8, 4) is 5.75 Å². The van der Waals surface area contributed by atoms with Crippen molar-refractivity contribution in [3.05, 3.63) is 70.5 Å². The molecule has 7 heteroatoms. The molecule has 33 heavy (non-hydrogen) atoms. The van der Waals surface area contributed by atoms with Crippen molar-refractivity contribution < 1.29 is 23.8 Å². The molecule has 0 spiro atoms. The predicted molar refractivity (Wildman–Crippen MR) is 126 cm³/mol. The maximum atomic E-state index is 13.6. The number of benzene rings is 2. The van der Waals surface area contributed by atoms with Crippen LogP contribution in [0.4, 0.5) is 4.39 Å². The summed E-state index contributed by atoms with van der Waals surface area (Å²) >= 11 is 0. The molecule has 0 radical (unpaired) electrons. The molecule has 1 fully saturated rings. The van der Waals surface area contributed by atoms with Crippen LogP contribution in [0.2, 0.25) is 0 Å². The lowest BCUT2D eigenvalue weighted by Crippen LogP contribution is -2.32. The molecule has 0 saturated carbocycles. The minimum Gasteiger partial charge on any atom is -0.507 e. The van der Waals surface area contributed by atoms with Crippen molar-refractivity contribution in [2.45, 2.75) is 39.3 Å². The first-order valence-electron chi connectivity index (χ1n) is 11.1. The fraction of sp³-hybridized carbons (Fsp3) is 0.385. The molecule has 2 aromatic rings. The molecule has 1 N–H and O–H groups in total. The molecular weight excluding hydrogens is 423 g/mol. The van der Waals surface area contributed by atoms with E-state index < -0.39 is 23.5 Å². The number of rotatable bonds is 8. The van der Waals surface area contributed by atoms with Crippen molar-refractivity contribution >= 4 is 17.4 Å². The van der Waals surface area contributed by atoms with Gasteiger partial charge in [0.05, 0.1) is 17.7 Å². The van der Waals surface area contributed by atoms with Gasteiger partial charge in [0.15, 0.2) is 0 Å². The first-order chi connectivity index (χ1) is 15.6. The molecule has 1 aliphatic rings. The number of ether oxygens (including phenoxy) is 1. The summed E-state index contributed by atoms with van der Waals surface area (Å²) in [6, 6.07) is 10.0. The Kier molecular flexibility index (Phi) is 7.53. The van der Waals surface area contributed by atoms with Crippen LogP contribution in [0, 0.1) is 12.7 Å². The largest absolute Gasteiger partial charge is 0.507 e. The van der Waals surface area contributed by atoms with Gasteiger partial charge in [-0.3, -0.25) is 9.59 Å². The van der Waals surface area contributed by atoms with Crippen LogP contribution in [0.1, 0.15) is 43.0 Å². The maximum absolute atomic E-state index is 13.6. The van der Waals surface area contributed by atoms with Crippen LogP contribution >= 0.6 is 0 Å². The molecule has 0 unspecified atom stereocenters. The minimum atomic E-state index is -0.792. The lowest BCUT2D eigenvalue weighted by Gasteiger charge is -2.26. The number of nitrogens with zero attached hydrogens (tertiary/aromatic N) is 2. The van der Waals surface area contributed by atoms with Gasteiger partial charge in [-0.2, -0.15) is 0 Å². The molecule has 0 bridgehead atoms. The van der Waals surface area contributed by atoms with E-state index in [0.717, 1.165) is 12.1 Å². The van der Waals surface area contributed by atoms with Crippen LogP contribution in [0.3, 0.4) is 0 Å². The van der Waals surface area contributed by atoms with Crippen molar-refractivity contribution in [1.82, 2.24) is 9.80 Å². The SMILES string of the molecule is Cc1cc(C(O)=C2C(=O)C(=O)N(CCCN(C)C)[C@H]2c2ccc(F)cc2)ccc1OC(C)C. The van der Waals surface area contributed by atoms with E-state index in [4.69, 9.17) is 4.74 Å². The van der Waals surface area contributed by atoms with Crippen molar-refractivity contribution in [2.75, 3.05) is 27.2 Å². The molecule has 1 heterocycles. The number of Topliss-reactive ketones (excluding diaryl/α,β-unsaturated/α-hetero) is 1. The number of hydrogen-bond donors (Lipinski definition) is 1. The molecule has 1 amide bonds. The molecule has 0 aromatic heterocycles.